The predicted molar refractivity (Wildman–Crippen MR) is 101 cm³/mol. The molecule has 0 aliphatic heterocycles. The Bertz CT molecular complexity index is 1030. The highest BCUT2D eigenvalue weighted by atomic mass is 32.2. The van der Waals surface area contributed by atoms with E-state index in [9.17, 15) is 13.2 Å². The summed E-state index contributed by atoms with van der Waals surface area (Å²) in [6.07, 6.45) is 1.08. The Morgan fingerprint density at radius 1 is 1.07 bits per heavy atom. The maximum absolute atomic E-state index is 12.2. The van der Waals surface area contributed by atoms with Crippen LogP contribution in [0.3, 0.4) is 0 Å². The molecular formula is C18H18N4O4S. The van der Waals surface area contributed by atoms with Crippen molar-refractivity contribution in [2.24, 2.45) is 0 Å². The molecule has 1 heterocycles. The van der Waals surface area contributed by atoms with Gasteiger partial charge in [-0.05, 0) is 43.3 Å². The Morgan fingerprint density at radius 3 is 2.37 bits per heavy atom. The number of amides is 1. The molecular weight excluding hydrogens is 368 g/mol. The molecule has 0 bridgehead atoms. The van der Waals surface area contributed by atoms with E-state index in [1.807, 2.05) is 6.07 Å². The molecule has 1 atom stereocenters. The number of rotatable bonds is 6. The third-order valence-electron chi connectivity index (χ3n) is 3.64. The lowest BCUT2D eigenvalue weighted by atomic mass is 10.2. The average Bonchev–Trinajstić information content (AvgIpc) is 3.12. The summed E-state index contributed by atoms with van der Waals surface area (Å²) >= 11 is 0. The number of hydrogen-bond acceptors (Lipinski definition) is 6. The van der Waals surface area contributed by atoms with E-state index in [0.717, 1.165) is 6.26 Å². The van der Waals surface area contributed by atoms with Crippen molar-refractivity contribution < 1.29 is 17.7 Å². The summed E-state index contributed by atoms with van der Waals surface area (Å²) in [7, 11) is -3.34. The molecule has 0 radical (unpaired) electrons. The van der Waals surface area contributed by atoms with Gasteiger partial charge >= 0.3 is 0 Å². The largest absolute Gasteiger partial charge is 0.341 e. The lowest BCUT2D eigenvalue weighted by Gasteiger charge is -2.09. The van der Waals surface area contributed by atoms with Gasteiger partial charge in [0.1, 0.15) is 6.04 Å². The molecule has 8 nitrogen and oxygen atoms in total. The van der Waals surface area contributed by atoms with E-state index in [2.05, 4.69) is 20.2 Å². The second-order valence-electron chi connectivity index (χ2n) is 5.97. The number of nitrogens with one attached hydrogen (secondary N) is 2. The van der Waals surface area contributed by atoms with Gasteiger partial charge in [0.15, 0.2) is 0 Å². The minimum atomic E-state index is -3.34. The van der Waals surface area contributed by atoms with Gasteiger partial charge in [-0.3, -0.25) is 9.52 Å². The summed E-state index contributed by atoms with van der Waals surface area (Å²) in [6.45, 7) is 1.75. The fraction of sp³-hybridized carbons (Fsp3) is 0.167. The number of carbonyl (C=O) groups excluding carboxylic acids is 1. The van der Waals surface area contributed by atoms with Crippen molar-refractivity contribution in [2.45, 2.75) is 13.0 Å². The molecule has 0 saturated carbocycles. The number of hydrogen-bond donors (Lipinski definition) is 2. The maximum Gasteiger partial charge on any atom is 0.251 e. The highest BCUT2D eigenvalue weighted by molar-refractivity contribution is 7.92. The van der Waals surface area contributed by atoms with Crippen molar-refractivity contribution >= 4 is 21.6 Å². The second kappa shape index (κ2) is 7.58. The van der Waals surface area contributed by atoms with Crippen molar-refractivity contribution in [1.82, 2.24) is 15.5 Å². The van der Waals surface area contributed by atoms with Gasteiger partial charge in [0.25, 0.3) is 5.91 Å². The lowest BCUT2D eigenvalue weighted by molar-refractivity contribution is 0.0932. The van der Waals surface area contributed by atoms with E-state index < -0.39 is 16.1 Å². The van der Waals surface area contributed by atoms with Crippen LogP contribution in [0.25, 0.3) is 11.4 Å². The zero-order valence-electron chi connectivity index (χ0n) is 14.7. The molecule has 2 N–H and O–H groups in total. The van der Waals surface area contributed by atoms with E-state index in [4.69, 9.17) is 4.52 Å². The molecule has 1 aromatic heterocycles. The Kier molecular flexibility index (Phi) is 5.22. The van der Waals surface area contributed by atoms with Crippen molar-refractivity contribution in [2.75, 3.05) is 11.0 Å². The molecule has 0 aliphatic rings. The molecule has 1 amide bonds. The van der Waals surface area contributed by atoms with Crippen LogP contribution in [0.1, 0.15) is 29.2 Å². The number of sulfonamides is 1. The molecule has 9 heteroatoms. The van der Waals surface area contributed by atoms with E-state index in [0.29, 0.717) is 22.6 Å². The van der Waals surface area contributed by atoms with Crippen molar-refractivity contribution in [3.8, 4) is 11.4 Å². The van der Waals surface area contributed by atoms with Crippen LogP contribution in [0, 0.1) is 0 Å². The predicted octanol–water partition coefficient (Wildman–Crippen LogP) is 2.60. The van der Waals surface area contributed by atoms with Gasteiger partial charge in [-0.1, -0.05) is 23.4 Å². The number of anilines is 1. The van der Waals surface area contributed by atoms with E-state index in [1.165, 1.54) is 0 Å². The zero-order valence-corrected chi connectivity index (χ0v) is 15.5. The number of nitrogens with zero attached hydrogens (tertiary/aromatic N) is 2. The molecule has 0 aliphatic carbocycles. The van der Waals surface area contributed by atoms with Gasteiger partial charge in [-0.15, -0.1) is 0 Å². The highest BCUT2D eigenvalue weighted by Crippen LogP contribution is 2.21. The van der Waals surface area contributed by atoms with Crippen LogP contribution >= 0.6 is 0 Å². The average molecular weight is 386 g/mol. The normalized spacial score (nSPS) is 12.4. The topological polar surface area (TPSA) is 114 Å². The van der Waals surface area contributed by atoms with Gasteiger partial charge in [-0.2, -0.15) is 4.98 Å². The molecule has 140 valence electrons. The Labute approximate surface area is 156 Å². The van der Waals surface area contributed by atoms with E-state index in [-0.39, 0.29) is 11.8 Å². The quantitative estimate of drug-likeness (QED) is 0.673. The first-order valence-electron chi connectivity index (χ1n) is 8.09. The second-order valence-corrected chi connectivity index (χ2v) is 7.72. The molecule has 0 saturated heterocycles. The van der Waals surface area contributed by atoms with Crippen LogP contribution in [0.2, 0.25) is 0 Å². The molecule has 2 aromatic carbocycles. The fourth-order valence-corrected chi connectivity index (χ4v) is 2.93. The third kappa shape index (κ3) is 4.91. The van der Waals surface area contributed by atoms with Gasteiger partial charge in [0, 0.05) is 16.8 Å². The van der Waals surface area contributed by atoms with Gasteiger partial charge in [-0.25, -0.2) is 8.42 Å². The summed E-state index contributed by atoms with van der Waals surface area (Å²) in [6, 6.07) is 14.9. The van der Waals surface area contributed by atoms with Crippen LogP contribution in [-0.4, -0.2) is 30.7 Å². The van der Waals surface area contributed by atoms with E-state index >= 15 is 0 Å². The third-order valence-corrected chi connectivity index (χ3v) is 4.25. The summed E-state index contributed by atoms with van der Waals surface area (Å²) in [4.78, 5) is 16.5. The smallest absolute Gasteiger partial charge is 0.251 e. The van der Waals surface area contributed by atoms with Gasteiger partial charge in [0.2, 0.25) is 21.7 Å². The maximum atomic E-state index is 12.2. The Hall–Kier alpha value is -3.20. The lowest BCUT2D eigenvalue weighted by Crippen LogP contribution is -2.26. The van der Waals surface area contributed by atoms with Gasteiger partial charge < -0.3 is 9.84 Å². The van der Waals surface area contributed by atoms with Crippen LogP contribution in [-0.2, 0) is 10.0 Å². The molecule has 3 rings (SSSR count). The SMILES string of the molecule is CC(NC(=O)c1ccccc1)c1nc(-c2ccc(NS(C)(=O)=O)cc2)no1. The van der Waals surface area contributed by atoms with Crippen molar-refractivity contribution in [1.29, 1.82) is 0 Å². The standard InChI is InChI=1S/C18H18N4O4S/c1-12(19-17(23)14-6-4-3-5-7-14)18-20-16(21-26-18)13-8-10-15(11-9-13)22-27(2,24)25/h3-12,22H,1-2H3,(H,19,23). The van der Waals surface area contributed by atoms with Crippen molar-refractivity contribution in [3.05, 3.63) is 66.1 Å². The molecule has 1 unspecified atom stereocenters. The summed E-state index contributed by atoms with van der Waals surface area (Å²) < 4.78 is 30.1. The highest BCUT2D eigenvalue weighted by Gasteiger charge is 2.18. The Balaban J connectivity index is 1.69. The van der Waals surface area contributed by atoms with Crippen LogP contribution in [0.5, 0.6) is 0 Å². The minimum absolute atomic E-state index is 0.237. The van der Waals surface area contributed by atoms with Crippen LogP contribution in [0.4, 0.5) is 5.69 Å². The van der Waals surface area contributed by atoms with Crippen molar-refractivity contribution in [3.63, 3.8) is 0 Å². The molecule has 0 fully saturated rings. The number of carbonyl (C=O) groups is 1. The molecule has 0 spiro atoms. The number of aromatic nitrogens is 2. The number of benzene rings is 2. The zero-order chi connectivity index (χ0) is 19.4. The summed E-state index contributed by atoms with van der Waals surface area (Å²) in [5.74, 6) is 0.378. The van der Waals surface area contributed by atoms with E-state index in [1.54, 1.807) is 55.5 Å². The summed E-state index contributed by atoms with van der Waals surface area (Å²) in [5.41, 5.74) is 1.64. The van der Waals surface area contributed by atoms with Crippen LogP contribution < -0.4 is 10.0 Å². The minimum Gasteiger partial charge on any atom is -0.341 e. The fourth-order valence-electron chi connectivity index (χ4n) is 2.36. The molecule has 27 heavy (non-hydrogen) atoms. The van der Waals surface area contributed by atoms with Crippen LogP contribution in [0.15, 0.2) is 59.1 Å². The first kappa shape index (κ1) is 18.6. The molecule has 3 aromatic rings. The first-order valence-corrected chi connectivity index (χ1v) is 9.99. The summed E-state index contributed by atoms with van der Waals surface area (Å²) in [5, 5.41) is 6.72. The first-order chi connectivity index (χ1) is 12.8. The monoisotopic (exact) mass is 386 g/mol. The Morgan fingerprint density at radius 2 is 1.74 bits per heavy atom. The van der Waals surface area contributed by atoms with Gasteiger partial charge in [0.05, 0.1) is 6.26 Å².